The van der Waals surface area contributed by atoms with Gasteiger partial charge in [0.2, 0.25) is 5.91 Å². The van der Waals surface area contributed by atoms with Crippen molar-refractivity contribution in [2.45, 2.75) is 12.0 Å². The van der Waals surface area contributed by atoms with E-state index in [1.54, 1.807) is 35.5 Å². The quantitative estimate of drug-likeness (QED) is 0.518. The van der Waals surface area contributed by atoms with Crippen molar-refractivity contribution in [3.8, 4) is 0 Å². The fourth-order valence-electron chi connectivity index (χ4n) is 5.10. The monoisotopic (exact) mass is 493 g/mol. The van der Waals surface area contributed by atoms with Crippen molar-refractivity contribution in [3.05, 3.63) is 87.9 Å². The van der Waals surface area contributed by atoms with E-state index in [9.17, 15) is 14.0 Å². The van der Waals surface area contributed by atoms with Crippen molar-refractivity contribution >= 4 is 28.8 Å². The number of amides is 2. The van der Waals surface area contributed by atoms with Crippen LogP contribution in [0.5, 0.6) is 0 Å². The Balaban J connectivity index is 1.45. The average Bonchev–Trinajstić information content (AvgIpc) is 3.43. The summed E-state index contributed by atoms with van der Waals surface area (Å²) < 4.78 is 18.6. The molecule has 2 aromatic carbocycles. The Hall–Kier alpha value is -3.23. The third-order valence-corrected chi connectivity index (χ3v) is 7.80. The number of benzene rings is 2. The fraction of sp³-hybridized carbons (Fsp3) is 0.333. The normalized spacial score (nSPS) is 20.2. The van der Waals surface area contributed by atoms with Crippen molar-refractivity contribution in [2.24, 2.45) is 0 Å². The Labute approximate surface area is 208 Å². The Bertz CT molecular complexity index is 1180. The van der Waals surface area contributed by atoms with Gasteiger partial charge in [-0.15, -0.1) is 11.3 Å². The number of rotatable bonds is 6. The van der Waals surface area contributed by atoms with E-state index in [2.05, 4.69) is 4.90 Å². The van der Waals surface area contributed by atoms with Crippen molar-refractivity contribution in [2.75, 3.05) is 51.3 Å². The molecule has 1 aromatic heterocycles. The van der Waals surface area contributed by atoms with Crippen LogP contribution in [0.15, 0.2) is 66.0 Å². The molecule has 8 heteroatoms. The second kappa shape index (κ2) is 10.2. The molecule has 0 N–H and O–H groups in total. The van der Waals surface area contributed by atoms with Crippen LogP contribution in [0.4, 0.5) is 10.1 Å². The Morgan fingerprint density at radius 1 is 1.03 bits per heavy atom. The zero-order chi connectivity index (χ0) is 24.4. The van der Waals surface area contributed by atoms with Crippen LogP contribution >= 0.6 is 11.3 Å². The third kappa shape index (κ3) is 4.56. The first-order valence-corrected chi connectivity index (χ1v) is 12.7. The molecular formula is C27H28FN3O3S. The number of carbonyl (C=O) groups is 2. The van der Waals surface area contributed by atoms with Crippen LogP contribution < -0.4 is 4.90 Å². The number of hydrogen-bond acceptors (Lipinski definition) is 5. The smallest absolute Gasteiger partial charge is 0.254 e. The molecule has 182 valence electrons. The predicted molar refractivity (Wildman–Crippen MR) is 134 cm³/mol. The van der Waals surface area contributed by atoms with Gasteiger partial charge in [0, 0.05) is 56.0 Å². The van der Waals surface area contributed by atoms with Crippen molar-refractivity contribution < 1.29 is 18.7 Å². The lowest BCUT2D eigenvalue weighted by Crippen LogP contribution is -2.53. The molecule has 2 amide bonds. The number of ether oxygens (including phenoxy) is 1. The van der Waals surface area contributed by atoms with Crippen LogP contribution in [-0.2, 0) is 9.53 Å². The van der Waals surface area contributed by atoms with Gasteiger partial charge in [0.25, 0.3) is 5.91 Å². The summed E-state index contributed by atoms with van der Waals surface area (Å²) in [5.74, 6) is -0.784. The van der Waals surface area contributed by atoms with Crippen molar-refractivity contribution in [3.63, 3.8) is 0 Å². The molecular weight excluding hydrogens is 465 g/mol. The SMILES string of the molecule is COCCN1C(=O)c2ccccc2[C@@H](C(=O)N2CCN(c3ccc(F)cc3)CC2)[C@H]1c1cccs1. The van der Waals surface area contributed by atoms with E-state index in [0.29, 0.717) is 44.9 Å². The molecule has 2 aliphatic rings. The molecule has 6 nitrogen and oxygen atoms in total. The standard InChI is InChI=1S/C27H28FN3O3S/c1-34-17-16-31-25(23-7-4-18-35-23)24(21-5-2-3-6-22(21)26(31)32)27(33)30-14-12-29(13-15-30)20-10-8-19(28)9-11-20/h2-11,18,24-25H,12-17H2,1H3/t24-,25-/m1/s1. The number of fused-ring (bicyclic) bond motifs is 1. The Morgan fingerprint density at radius 2 is 1.77 bits per heavy atom. The zero-order valence-corrected chi connectivity index (χ0v) is 20.4. The minimum Gasteiger partial charge on any atom is -0.383 e. The lowest BCUT2D eigenvalue weighted by molar-refractivity contribution is -0.135. The molecule has 0 spiro atoms. The van der Waals surface area contributed by atoms with E-state index in [0.717, 1.165) is 16.1 Å². The van der Waals surface area contributed by atoms with Gasteiger partial charge in [-0.3, -0.25) is 9.59 Å². The topological polar surface area (TPSA) is 53.1 Å². The maximum absolute atomic E-state index is 14.1. The first-order chi connectivity index (χ1) is 17.1. The zero-order valence-electron chi connectivity index (χ0n) is 19.6. The summed E-state index contributed by atoms with van der Waals surface area (Å²) in [5.41, 5.74) is 2.32. The molecule has 0 unspecified atom stereocenters. The fourth-order valence-corrected chi connectivity index (χ4v) is 5.98. The highest BCUT2D eigenvalue weighted by atomic mass is 32.1. The van der Waals surface area contributed by atoms with Gasteiger partial charge in [-0.1, -0.05) is 24.3 Å². The number of halogens is 1. The van der Waals surface area contributed by atoms with Gasteiger partial charge in [0.15, 0.2) is 0 Å². The van der Waals surface area contributed by atoms with Gasteiger partial charge in [-0.05, 0) is 47.3 Å². The van der Waals surface area contributed by atoms with Gasteiger partial charge in [-0.25, -0.2) is 4.39 Å². The number of piperazine rings is 1. The highest BCUT2D eigenvalue weighted by Gasteiger charge is 2.46. The highest BCUT2D eigenvalue weighted by molar-refractivity contribution is 7.10. The molecule has 3 aromatic rings. The number of carbonyl (C=O) groups excluding carboxylic acids is 2. The molecule has 2 aliphatic heterocycles. The van der Waals surface area contributed by atoms with E-state index in [1.807, 2.05) is 46.7 Å². The molecule has 0 bridgehead atoms. The summed E-state index contributed by atoms with van der Waals surface area (Å²) in [6.45, 7) is 3.28. The van der Waals surface area contributed by atoms with Gasteiger partial charge in [-0.2, -0.15) is 0 Å². The van der Waals surface area contributed by atoms with Crippen molar-refractivity contribution in [1.29, 1.82) is 0 Å². The van der Waals surface area contributed by atoms with E-state index in [1.165, 1.54) is 12.1 Å². The Kier molecular flexibility index (Phi) is 6.83. The van der Waals surface area contributed by atoms with Crippen LogP contribution in [0.3, 0.4) is 0 Å². The summed E-state index contributed by atoms with van der Waals surface area (Å²) >= 11 is 1.57. The number of thiophene rings is 1. The molecule has 5 rings (SSSR count). The van der Waals surface area contributed by atoms with Crippen LogP contribution in [0.2, 0.25) is 0 Å². The number of nitrogens with zero attached hydrogens (tertiary/aromatic N) is 3. The number of methoxy groups -OCH3 is 1. The first-order valence-electron chi connectivity index (χ1n) is 11.8. The van der Waals surface area contributed by atoms with E-state index in [4.69, 9.17) is 4.74 Å². The van der Waals surface area contributed by atoms with Gasteiger partial charge >= 0.3 is 0 Å². The summed E-state index contributed by atoms with van der Waals surface area (Å²) in [4.78, 5) is 34.5. The highest BCUT2D eigenvalue weighted by Crippen LogP contribution is 2.45. The molecule has 2 atom stereocenters. The van der Waals surface area contributed by atoms with Crippen LogP contribution in [0.25, 0.3) is 0 Å². The lowest BCUT2D eigenvalue weighted by atomic mass is 9.81. The van der Waals surface area contributed by atoms with E-state index < -0.39 is 5.92 Å². The maximum atomic E-state index is 14.1. The third-order valence-electron chi connectivity index (χ3n) is 6.86. The summed E-state index contributed by atoms with van der Waals surface area (Å²) in [7, 11) is 1.62. The van der Waals surface area contributed by atoms with Crippen LogP contribution in [0, 0.1) is 5.82 Å². The van der Waals surface area contributed by atoms with Gasteiger partial charge in [0.1, 0.15) is 5.82 Å². The van der Waals surface area contributed by atoms with Crippen molar-refractivity contribution in [1.82, 2.24) is 9.80 Å². The molecule has 0 radical (unpaired) electrons. The first kappa shape index (κ1) is 23.5. The molecule has 35 heavy (non-hydrogen) atoms. The predicted octanol–water partition coefficient (Wildman–Crippen LogP) is 4.16. The molecule has 1 fully saturated rings. The van der Waals surface area contributed by atoms with E-state index >= 15 is 0 Å². The lowest BCUT2D eigenvalue weighted by Gasteiger charge is -2.44. The van der Waals surface area contributed by atoms with Gasteiger partial charge < -0.3 is 19.4 Å². The summed E-state index contributed by atoms with van der Waals surface area (Å²) in [5, 5.41) is 1.98. The maximum Gasteiger partial charge on any atom is 0.254 e. The molecule has 0 saturated carbocycles. The van der Waals surface area contributed by atoms with Crippen LogP contribution in [0.1, 0.15) is 32.8 Å². The molecule has 3 heterocycles. The van der Waals surface area contributed by atoms with Crippen LogP contribution in [-0.4, -0.2) is 68.1 Å². The Morgan fingerprint density at radius 3 is 2.46 bits per heavy atom. The summed E-state index contributed by atoms with van der Waals surface area (Å²) in [6, 6.07) is 17.5. The van der Waals surface area contributed by atoms with E-state index in [-0.39, 0.29) is 23.7 Å². The number of anilines is 1. The largest absolute Gasteiger partial charge is 0.383 e. The molecule has 0 aliphatic carbocycles. The van der Waals surface area contributed by atoms with Gasteiger partial charge in [0.05, 0.1) is 18.6 Å². The minimum absolute atomic E-state index is 0.0320. The summed E-state index contributed by atoms with van der Waals surface area (Å²) in [6.07, 6.45) is 0. The second-order valence-corrected chi connectivity index (χ2v) is 9.78. The average molecular weight is 494 g/mol. The second-order valence-electron chi connectivity index (χ2n) is 8.81. The molecule has 1 saturated heterocycles. The minimum atomic E-state index is -0.489. The number of hydrogen-bond donors (Lipinski definition) is 0.